The smallest absolute Gasteiger partial charge is 0.293 e. The van der Waals surface area contributed by atoms with E-state index in [1.807, 2.05) is 4.90 Å². The molecule has 0 bridgehead atoms. The molecule has 1 aromatic rings. The standard InChI is InChI=1S/C16H23N3O5S/c20-19(21)16-13-14(5-6-15(16)17-9-11-24-12-10-17)25(22,23)18-7-3-1-2-4-8-18/h5-6,13H,1-4,7-12H2. The molecule has 0 saturated carbocycles. The summed E-state index contributed by atoms with van der Waals surface area (Å²) in [7, 11) is -3.70. The normalized spacial score (nSPS) is 20.2. The monoisotopic (exact) mass is 369 g/mol. The van der Waals surface area contributed by atoms with Crippen LogP contribution in [-0.2, 0) is 14.8 Å². The third kappa shape index (κ3) is 3.94. The van der Waals surface area contributed by atoms with Gasteiger partial charge in [-0.15, -0.1) is 0 Å². The molecule has 2 aliphatic heterocycles. The van der Waals surface area contributed by atoms with Crippen molar-refractivity contribution >= 4 is 21.4 Å². The number of anilines is 1. The number of nitro benzene ring substituents is 1. The van der Waals surface area contributed by atoms with E-state index in [1.165, 1.54) is 16.4 Å². The Morgan fingerprint density at radius 2 is 1.64 bits per heavy atom. The summed E-state index contributed by atoms with van der Waals surface area (Å²) in [5.74, 6) is 0. The fraction of sp³-hybridized carbons (Fsp3) is 0.625. The first-order valence-corrected chi connectivity index (χ1v) is 10.1. The fourth-order valence-corrected chi connectivity index (χ4v) is 4.85. The van der Waals surface area contributed by atoms with Crippen LogP contribution < -0.4 is 4.90 Å². The SMILES string of the molecule is O=[N+]([O-])c1cc(S(=O)(=O)N2CCCCCC2)ccc1N1CCOCC1. The molecule has 0 atom stereocenters. The van der Waals surface area contributed by atoms with E-state index in [0.717, 1.165) is 25.7 Å². The number of morpholine rings is 1. The molecule has 25 heavy (non-hydrogen) atoms. The number of hydrogen-bond acceptors (Lipinski definition) is 6. The number of ether oxygens (including phenoxy) is 1. The highest BCUT2D eigenvalue weighted by Gasteiger charge is 2.29. The van der Waals surface area contributed by atoms with E-state index in [-0.39, 0.29) is 10.6 Å². The Morgan fingerprint density at radius 1 is 1.00 bits per heavy atom. The van der Waals surface area contributed by atoms with Crippen molar-refractivity contribution < 1.29 is 18.1 Å². The molecule has 0 radical (unpaired) electrons. The minimum atomic E-state index is -3.70. The number of hydrogen-bond donors (Lipinski definition) is 0. The first-order valence-electron chi connectivity index (χ1n) is 8.61. The zero-order valence-electron chi connectivity index (χ0n) is 14.1. The topological polar surface area (TPSA) is 93.0 Å². The van der Waals surface area contributed by atoms with Gasteiger partial charge in [0.2, 0.25) is 10.0 Å². The van der Waals surface area contributed by atoms with Gasteiger partial charge in [-0.1, -0.05) is 12.8 Å². The molecule has 9 heteroatoms. The molecule has 0 amide bonds. The zero-order chi connectivity index (χ0) is 17.9. The molecule has 0 N–H and O–H groups in total. The van der Waals surface area contributed by atoms with Crippen molar-refractivity contribution in [3.05, 3.63) is 28.3 Å². The first kappa shape index (κ1) is 18.1. The van der Waals surface area contributed by atoms with Crippen molar-refractivity contribution in [2.75, 3.05) is 44.3 Å². The van der Waals surface area contributed by atoms with Crippen LogP contribution >= 0.6 is 0 Å². The van der Waals surface area contributed by atoms with Gasteiger partial charge in [-0.25, -0.2) is 8.42 Å². The number of rotatable bonds is 4. The number of nitro groups is 1. The van der Waals surface area contributed by atoms with E-state index in [4.69, 9.17) is 4.74 Å². The highest BCUT2D eigenvalue weighted by Crippen LogP contribution is 2.32. The van der Waals surface area contributed by atoms with Gasteiger partial charge in [0.05, 0.1) is 23.0 Å². The van der Waals surface area contributed by atoms with Crippen LogP contribution in [-0.4, -0.2) is 57.0 Å². The van der Waals surface area contributed by atoms with Crippen LogP contribution in [0.5, 0.6) is 0 Å². The summed E-state index contributed by atoms with van der Waals surface area (Å²) in [6, 6.07) is 4.23. The van der Waals surface area contributed by atoms with Crippen molar-refractivity contribution in [1.29, 1.82) is 0 Å². The molecule has 0 aromatic heterocycles. The second-order valence-corrected chi connectivity index (χ2v) is 8.26. The summed E-state index contributed by atoms with van der Waals surface area (Å²) in [6.07, 6.45) is 3.69. The highest BCUT2D eigenvalue weighted by molar-refractivity contribution is 7.89. The van der Waals surface area contributed by atoms with Gasteiger partial charge in [-0.3, -0.25) is 10.1 Å². The molecule has 2 fully saturated rings. The van der Waals surface area contributed by atoms with Crippen molar-refractivity contribution in [1.82, 2.24) is 4.31 Å². The van der Waals surface area contributed by atoms with Gasteiger partial charge in [0.1, 0.15) is 5.69 Å². The van der Waals surface area contributed by atoms with Crippen LogP contribution in [0.3, 0.4) is 0 Å². The number of sulfonamides is 1. The van der Waals surface area contributed by atoms with E-state index >= 15 is 0 Å². The Bertz CT molecular complexity index is 723. The molecule has 3 rings (SSSR count). The van der Waals surface area contributed by atoms with E-state index in [9.17, 15) is 18.5 Å². The lowest BCUT2D eigenvalue weighted by atomic mass is 10.2. The van der Waals surface area contributed by atoms with Gasteiger partial charge in [0.15, 0.2) is 0 Å². The fourth-order valence-electron chi connectivity index (χ4n) is 3.31. The van der Waals surface area contributed by atoms with Gasteiger partial charge in [-0.05, 0) is 25.0 Å². The summed E-state index contributed by atoms with van der Waals surface area (Å²) < 4.78 is 32.5. The predicted molar refractivity (Wildman–Crippen MR) is 93.4 cm³/mol. The van der Waals surface area contributed by atoms with Crippen LogP contribution in [0.2, 0.25) is 0 Å². The summed E-state index contributed by atoms with van der Waals surface area (Å²) in [6.45, 7) is 3.07. The molecule has 8 nitrogen and oxygen atoms in total. The van der Waals surface area contributed by atoms with Crippen LogP contribution in [0.1, 0.15) is 25.7 Å². The van der Waals surface area contributed by atoms with E-state index in [0.29, 0.717) is 45.1 Å². The molecular weight excluding hydrogens is 346 g/mol. The largest absolute Gasteiger partial charge is 0.378 e. The highest BCUT2D eigenvalue weighted by atomic mass is 32.2. The predicted octanol–water partition coefficient (Wildman–Crippen LogP) is 2.00. The Hall–Kier alpha value is -1.71. The number of benzene rings is 1. The second-order valence-electron chi connectivity index (χ2n) is 6.33. The lowest BCUT2D eigenvalue weighted by Gasteiger charge is -2.28. The van der Waals surface area contributed by atoms with Crippen molar-refractivity contribution in [2.24, 2.45) is 0 Å². The van der Waals surface area contributed by atoms with Crippen LogP contribution in [0.15, 0.2) is 23.1 Å². The second kappa shape index (κ2) is 7.67. The summed E-state index contributed by atoms with van der Waals surface area (Å²) >= 11 is 0. The minimum absolute atomic E-state index is 0.00175. The molecule has 0 unspecified atom stereocenters. The maximum Gasteiger partial charge on any atom is 0.293 e. The van der Waals surface area contributed by atoms with E-state index < -0.39 is 14.9 Å². The lowest BCUT2D eigenvalue weighted by Crippen LogP contribution is -2.36. The van der Waals surface area contributed by atoms with Crippen LogP contribution in [0, 0.1) is 10.1 Å². The quantitative estimate of drug-likeness (QED) is 0.595. The van der Waals surface area contributed by atoms with Gasteiger partial charge in [0, 0.05) is 32.2 Å². The molecule has 2 saturated heterocycles. The Balaban J connectivity index is 1.94. The molecule has 2 aliphatic rings. The Kier molecular flexibility index (Phi) is 5.55. The van der Waals surface area contributed by atoms with Crippen molar-refractivity contribution in [3.8, 4) is 0 Å². The summed E-state index contributed by atoms with van der Waals surface area (Å²) in [4.78, 5) is 12.9. The maximum absolute atomic E-state index is 12.9. The van der Waals surface area contributed by atoms with Gasteiger partial charge < -0.3 is 9.64 Å². The Morgan fingerprint density at radius 3 is 2.24 bits per heavy atom. The van der Waals surface area contributed by atoms with Crippen LogP contribution in [0.25, 0.3) is 0 Å². The summed E-state index contributed by atoms with van der Waals surface area (Å²) in [5, 5.41) is 11.5. The zero-order valence-corrected chi connectivity index (χ0v) is 14.9. The summed E-state index contributed by atoms with van der Waals surface area (Å²) in [5.41, 5.74) is 0.279. The average molecular weight is 369 g/mol. The molecule has 0 spiro atoms. The molecule has 0 aliphatic carbocycles. The minimum Gasteiger partial charge on any atom is -0.378 e. The van der Waals surface area contributed by atoms with Gasteiger partial charge in [-0.2, -0.15) is 4.31 Å². The van der Waals surface area contributed by atoms with E-state index in [2.05, 4.69) is 0 Å². The molecule has 2 heterocycles. The maximum atomic E-state index is 12.9. The third-order valence-corrected chi connectivity index (χ3v) is 6.59. The molecule has 1 aromatic carbocycles. The van der Waals surface area contributed by atoms with E-state index in [1.54, 1.807) is 6.07 Å². The van der Waals surface area contributed by atoms with Crippen molar-refractivity contribution in [2.45, 2.75) is 30.6 Å². The lowest BCUT2D eigenvalue weighted by molar-refractivity contribution is -0.384. The number of nitrogens with zero attached hydrogens (tertiary/aromatic N) is 3. The van der Waals surface area contributed by atoms with Gasteiger partial charge in [0.25, 0.3) is 5.69 Å². The average Bonchev–Trinajstić information content (AvgIpc) is 2.92. The molecule has 138 valence electrons. The Labute approximate surface area is 147 Å². The van der Waals surface area contributed by atoms with Gasteiger partial charge >= 0.3 is 0 Å². The van der Waals surface area contributed by atoms with Crippen molar-refractivity contribution in [3.63, 3.8) is 0 Å². The third-order valence-electron chi connectivity index (χ3n) is 4.70. The van der Waals surface area contributed by atoms with Crippen LogP contribution in [0.4, 0.5) is 11.4 Å². The first-order chi connectivity index (χ1) is 12.0. The molecular formula is C16H23N3O5S.